The van der Waals surface area contributed by atoms with Crippen molar-refractivity contribution in [3.05, 3.63) is 17.5 Å². The van der Waals surface area contributed by atoms with E-state index in [0.717, 1.165) is 25.0 Å². The van der Waals surface area contributed by atoms with Gasteiger partial charge in [-0.3, -0.25) is 9.48 Å². The fourth-order valence-corrected chi connectivity index (χ4v) is 3.24. The van der Waals surface area contributed by atoms with Gasteiger partial charge >= 0.3 is 5.97 Å². The fraction of sp³-hybridized carbons (Fsp3) is 0.733. The van der Waals surface area contributed by atoms with E-state index >= 15 is 0 Å². The molecule has 1 heterocycles. The molecule has 0 spiro atoms. The Morgan fingerprint density at radius 2 is 2.25 bits per heavy atom. The number of aliphatic carboxylic acids is 1. The van der Waals surface area contributed by atoms with Crippen molar-refractivity contribution >= 4 is 5.97 Å². The minimum atomic E-state index is -0.775. The van der Waals surface area contributed by atoms with Crippen LogP contribution in [0, 0.1) is 0 Å². The SMILES string of the molecule is CCNC1(C(=O)O)CCC(n2nc(CC)cc2CC)C1. The van der Waals surface area contributed by atoms with Crippen LogP contribution in [0.4, 0.5) is 0 Å². The zero-order chi connectivity index (χ0) is 14.8. The highest BCUT2D eigenvalue weighted by Crippen LogP contribution is 2.38. The molecule has 2 rings (SSSR count). The van der Waals surface area contributed by atoms with Crippen molar-refractivity contribution < 1.29 is 9.90 Å². The molecule has 0 radical (unpaired) electrons. The molecule has 0 amide bonds. The Morgan fingerprint density at radius 3 is 2.80 bits per heavy atom. The smallest absolute Gasteiger partial charge is 0.323 e. The van der Waals surface area contributed by atoms with Gasteiger partial charge in [0.15, 0.2) is 0 Å². The van der Waals surface area contributed by atoms with Crippen LogP contribution in [-0.2, 0) is 17.6 Å². The minimum absolute atomic E-state index is 0.195. The first-order chi connectivity index (χ1) is 9.56. The summed E-state index contributed by atoms with van der Waals surface area (Å²) >= 11 is 0. The molecular formula is C15H25N3O2. The summed E-state index contributed by atoms with van der Waals surface area (Å²) in [4.78, 5) is 11.6. The number of carbonyl (C=O) groups is 1. The van der Waals surface area contributed by atoms with E-state index in [1.54, 1.807) is 0 Å². The van der Waals surface area contributed by atoms with Crippen LogP contribution < -0.4 is 5.32 Å². The second-order valence-electron chi connectivity index (χ2n) is 5.59. The third-order valence-electron chi connectivity index (χ3n) is 4.35. The Bertz CT molecular complexity index is 483. The van der Waals surface area contributed by atoms with Crippen LogP contribution in [-0.4, -0.2) is 32.9 Å². The summed E-state index contributed by atoms with van der Waals surface area (Å²) in [6.07, 6.45) is 4.02. The van der Waals surface area contributed by atoms with Gasteiger partial charge in [0.2, 0.25) is 0 Å². The predicted octanol–water partition coefficient (Wildman–Crippen LogP) is 2.17. The van der Waals surface area contributed by atoms with Crippen LogP contribution in [0.1, 0.15) is 57.5 Å². The Hall–Kier alpha value is -1.36. The Morgan fingerprint density at radius 1 is 1.50 bits per heavy atom. The molecule has 5 nitrogen and oxygen atoms in total. The molecule has 0 aliphatic heterocycles. The lowest BCUT2D eigenvalue weighted by atomic mass is 9.97. The maximum absolute atomic E-state index is 11.6. The highest BCUT2D eigenvalue weighted by Gasteiger charge is 2.46. The quantitative estimate of drug-likeness (QED) is 0.837. The molecule has 1 aromatic rings. The zero-order valence-corrected chi connectivity index (χ0v) is 12.6. The van der Waals surface area contributed by atoms with Crippen LogP contribution in [0.3, 0.4) is 0 Å². The van der Waals surface area contributed by atoms with Crippen LogP contribution in [0.2, 0.25) is 0 Å². The highest BCUT2D eigenvalue weighted by atomic mass is 16.4. The standard InChI is InChI=1S/C15H25N3O2/c1-4-11-9-12(5-2)18(17-11)13-7-8-15(10-13,14(19)20)16-6-3/h9,13,16H,4-8,10H2,1-3H3,(H,19,20). The van der Waals surface area contributed by atoms with Crippen molar-refractivity contribution in [2.45, 2.75) is 64.5 Å². The van der Waals surface area contributed by atoms with Crippen LogP contribution in [0.15, 0.2) is 6.07 Å². The van der Waals surface area contributed by atoms with E-state index in [1.165, 1.54) is 5.69 Å². The molecule has 112 valence electrons. The molecule has 0 bridgehead atoms. The van der Waals surface area contributed by atoms with Gasteiger partial charge in [0.25, 0.3) is 0 Å². The Kier molecular flexibility index (Phi) is 4.48. The molecule has 1 fully saturated rings. The number of carboxylic acid groups (broad SMARTS) is 1. The molecule has 1 saturated carbocycles. The second-order valence-corrected chi connectivity index (χ2v) is 5.59. The van der Waals surface area contributed by atoms with Gasteiger partial charge < -0.3 is 10.4 Å². The predicted molar refractivity (Wildman–Crippen MR) is 77.9 cm³/mol. The van der Waals surface area contributed by atoms with Gasteiger partial charge in [-0.25, -0.2) is 0 Å². The van der Waals surface area contributed by atoms with E-state index in [2.05, 4.69) is 35.0 Å². The first kappa shape index (κ1) is 15.0. The van der Waals surface area contributed by atoms with E-state index in [0.29, 0.717) is 19.4 Å². The van der Waals surface area contributed by atoms with Gasteiger partial charge in [-0.2, -0.15) is 5.10 Å². The first-order valence-electron chi connectivity index (χ1n) is 7.62. The van der Waals surface area contributed by atoms with E-state index in [9.17, 15) is 9.90 Å². The Labute approximate surface area is 120 Å². The average molecular weight is 279 g/mol. The van der Waals surface area contributed by atoms with Gasteiger partial charge in [0.1, 0.15) is 5.54 Å². The van der Waals surface area contributed by atoms with E-state index in [4.69, 9.17) is 0 Å². The maximum atomic E-state index is 11.6. The Balaban J connectivity index is 2.23. The first-order valence-corrected chi connectivity index (χ1v) is 7.62. The second kappa shape index (κ2) is 5.95. The fourth-order valence-electron chi connectivity index (χ4n) is 3.24. The molecular weight excluding hydrogens is 254 g/mol. The summed E-state index contributed by atoms with van der Waals surface area (Å²) in [6.45, 7) is 6.86. The van der Waals surface area contributed by atoms with Crippen LogP contribution in [0.5, 0.6) is 0 Å². The van der Waals surface area contributed by atoms with Gasteiger partial charge in [-0.05, 0) is 44.7 Å². The van der Waals surface area contributed by atoms with Crippen molar-refractivity contribution in [3.63, 3.8) is 0 Å². The monoisotopic (exact) mass is 279 g/mol. The van der Waals surface area contributed by atoms with Crippen molar-refractivity contribution in [2.75, 3.05) is 6.54 Å². The molecule has 1 aliphatic rings. The van der Waals surface area contributed by atoms with Crippen molar-refractivity contribution in [1.29, 1.82) is 0 Å². The van der Waals surface area contributed by atoms with Crippen LogP contribution >= 0.6 is 0 Å². The lowest BCUT2D eigenvalue weighted by Gasteiger charge is -2.25. The van der Waals surface area contributed by atoms with Gasteiger partial charge in [-0.15, -0.1) is 0 Å². The lowest BCUT2D eigenvalue weighted by Crippen LogP contribution is -2.50. The topological polar surface area (TPSA) is 67.2 Å². The molecule has 5 heteroatoms. The lowest BCUT2D eigenvalue weighted by molar-refractivity contribution is -0.144. The molecule has 1 aromatic heterocycles. The van der Waals surface area contributed by atoms with E-state index in [1.807, 2.05) is 6.92 Å². The summed E-state index contributed by atoms with van der Waals surface area (Å²) in [6, 6.07) is 2.34. The summed E-state index contributed by atoms with van der Waals surface area (Å²) in [5.74, 6) is -0.734. The number of carboxylic acids is 1. The third-order valence-corrected chi connectivity index (χ3v) is 4.35. The molecule has 0 saturated heterocycles. The van der Waals surface area contributed by atoms with E-state index in [-0.39, 0.29) is 6.04 Å². The summed E-state index contributed by atoms with van der Waals surface area (Å²) in [7, 11) is 0. The van der Waals surface area contributed by atoms with Crippen molar-refractivity contribution in [1.82, 2.24) is 15.1 Å². The largest absolute Gasteiger partial charge is 0.480 e. The number of hydrogen-bond donors (Lipinski definition) is 2. The van der Waals surface area contributed by atoms with Gasteiger partial charge in [0, 0.05) is 5.69 Å². The number of nitrogens with one attached hydrogen (secondary N) is 1. The van der Waals surface area contributed by atoms with Crippen molar-refractivity contribution in [3.8, 4) is 0 Å². The van der Waals surface area contributed by atoms with Crippen molar-refractivity contribution in [2.24, 2.45) is 0 Å². The molecule has 2 atom stereocenters. The van der Waals surface area contributed by atoms with Crippen LogP contribution in [0.25, 0.3) is 0 Å². The number of likely N-dealkylation sites (N-methyl/N-ethyl adjacent to an activating group) is 1. The molecule has 2 unspecified atom stereocenters. The minimum Gasteiger partial charge on any atom is -0.480 e. The number of aromatic nitrogens is 2. The number of rotatable bonds is 6. The number of aryl methyl sites for hydroxylation is 2. The number of nitrogens with zero attached hydrogens (tertiary/aromatic N) is 2. The molecule has 1 aliphatic carbocycles. The summed E-state index contributed by atoms with van der Waals surface area (Å²) in [5, 5.41) is 17.4. The molecule has 2 N–H and O–H groups in total. The average Bonchev–Trinajstić information content (AvgIpc) is 3.03. The molecule has 0 aromatic carbocycles. The molecule has 20 heavy (non-hydrogen) atoms. The van der Waals surface area contributed by atoms with Gasteiger partial charge in [0.05, 0.1) is 11.7 Å². The summed E-state index contributed by atoms with van der Waals surface area (Å²) < 4.78 is 2.07. The number of hydrogen-bond acceptors (Lipinski definition) is 3. The maximum Gasteiger partial charge on any atom is 0.323 e. The van der Waals surface area contributed by atoms with Gasteiger partial charge in [-0.1, -0.05) is 20.8 Å². The zero-order valence-electron chi connectivity index (χ0n) is 12.6. The third kappa shape index (κ3) is 2.59. The highest BCUT2D eigenvalue weighted by molar-refractivity contribution is 5.79. The van der Waals surface area contributed by atoms with E-state index < -0.39 is 11.5 Å². The summed E-state index contributed by atoms with van der Waals surface area (Å²) in [5.41, 5.74) is 1.53. The normalized spacial score (nSPS) is 26.1.